The summed E-state index contributed by atoms with van der Waals surface area (Å²) >= 11 is 0. The normalized spacial score (nSPS) is 21.9. The van der Waals surface area contributed by atoms with Crippen LogP contribution >= 0.6 is 0 Å². The fourth-order valence-electron chi connectivity index (χ4n) is 7.99. The second-order valence-corrected chi connectivity index (χ2v) is 20.7. The summed E-state index contributed by atoms with van der Waals surface area (Å²) in [5.74, 6) is -13.8. The third kappa shape index (κ3) is 23.4. The predicted molar refractivity (Wildman–Crippen MR) is 294 cm³/mol. The number of rotatable bonds is 31. The van der Waals surface area contributed by atoms with Crippen LogP contribution in [-0.2, 0) is 62.3 Å². The van der Waals surface area contributed by atoms with Crippen LogP contribution in [0.2, 0.25) is 0 Å². The first kappa shape index (κ1) is 71.8. The van der Waals surface area contributed by atoms with Crippen molar-refractivity contribution >= 4 is 76.9 Å². The number of carbonyl (C=O) groups is 12. The van der Waals surface area contributed by atoms with Crippen molar-refractivity contribution in [3.05, 3.63) is 0 Å². The van der Waals surface area contributed by atoms with E-state index in [1.165, 1.54) is 20.8 Å². The molecule has 20 N–H and O–H groups in total. The summed E-state index contributed by atoms with van der Waals surface area (Å²) in [5, 5.41) is 55.5. The molecular weight excluding hydrogens is 1060 g/mol. The third-order valence-electron chi connectivity index (χ3n) is 14.2. The first-order valence-corrected chi connectivity index (χ1v) is 27.5. The van der Waals surface area contributed by atoms with Gasteiger partial charge in [-0.3, -0.25) is 58.1 Å². The summed E-state index contributed by atoms with van der Waals surface area (Å²) in [6, 6.07) is -15.8. The number of hydrogen-bond donors (Lipinski definition) is 17. The molecule has 0 saturated carbocycles. The highest BCUT2D eigenvalue weighted by molar-refractivity contribution is 5.99. The maximum atomic E-state index is 14.3. The van der Waals surface area contributed by atoms with E-state index in [0.717, 1.165) is 0 Å². The highest BCUT2D eigenvalue weighted by atomic mass is 16.5. The minimum absolute atomic E-state index is 0.0282. The van der Waals surface area contributed by atoms with Gasteiger partial charge in [-0.15, -0.1) is 0 Å². The summed E-state index contributed by atoms with van der Waals surface area (Å²) in [5.41, 5.74) is 16.4. The Hall–Kier alpha value is -7.21. The van der Waals surface area contributed by atoms with Gasteiger partial charge in [0.25, 0.3) is 0 Å². The molecule has 16 atom stereocenters. The number of ether oxygens (including phenoxy) is 1. The Labute approximate surface area is 472 Å². The van der Waals surface area contributed by atoms with Gasteiger partial charge >= 0.3 is 5.97 Å². The van der Waals surface area contributed by atoms with Crippen molar-refractivity contribution < 1.29 is 72.5 Å². The van der Waals surface area contributed by atoms with E-state index < -0.39 is 193 Å². The van der Waals surface area contributed by atoms with Crippen molar-refractivity contribution in [1.82, 2.24) is 58.5 Å². The van der Waals surface area contributed by atoms with Gasteiger partial charge in [0, 0.05) is 13.0 Å². The van der Waals surface area contributed by atoms with Crippen LogP contribution in [0.4, 0.5) is 0 Å². The third-order valence-corrected chi connectivity index (χ3v) is 14.2. The molecule has 11 amide bonds. The SMILES string of the molecule is CC[C@@H](C)[C@@H](NC(=O)[C@@H](CCC(N)=O)NC(=O)[C@H](CO)NC(=O)[C@@H](NC(=O)[C@@H](C)N)[C@@H](C)CC)C(=O)N[C@H](C(=O)N[C@@H](CO)C(=O)N[C@H]1C(=O)N[C@@H](C)C(=O)N[C@@H](CCCNC(=N)N)C(=O)N[C@@H]([C@@H](C)CC)C(=O)O[C@H]1C)[C@@H](C)CC. The van der Waals surface area contributed by atoms with Crippen LogP contribution in [0, 0.1) is 29.1 Å². The van der Waals surface area contributed by atoms with Gasteiger partial charge in [0.2, 0.25) is 65.0 Å². The second kappa shape index (κ2) is 35.5. The van der Waals surface area contributed by atoms with Crippen molar-refractivity contribution in [3.8, 4) is 0 Å². The fourth-order valence-corrected chi connectivity index (χ4v) is 7.99. The Balaban J connectivity index is 3.52. The molecule has 0 unspecified atom stereocenters. The Kier molecular flexibility index (Phi) is 31.5. The number of hydrogen-bond acceptors (Lipinski definition) is 17. The molecule has 1 fully saturated rings. The van der Waals surface area contributed by atoms with Crippen molar-refractivity contribution in [3.63, 3.8) is 0 Å². The zero-order valence-electron chi connectivity index (χ0n) is 48.4. The molecule has 30 heteroatoms. The first-order chi connectivity index (χ1) is 37.9. The molecule has 0 spiro atoms. The van der Waals surface area contributed by atoms with Gasteiger partial charge in [-0.05, 0) is 63.7 Å². The van der Waals surface area contributed by atoms with E-state index in [1.54, 1.807) is 55.4 Å². The summed E-state index contributed by atoms with van der Waals surface area (Å²) in [6.45, 7) is 15.5. The number of nitrogens with one attached hydrogen (secondary N) is 12. The fraction of sp³-hybridized carbons (Fsp3) is 0.745. The maximum Gasteiger partial charge on any atom is 0.329 e. The van der Waals surface area contributed by atoms with E-state index in [4.69, 9.17) is 27.3 Å². The van der Waals surface area contributed by atoms with Gasteiger partial charge < -0.3 is 90.6 Å². The molecule has 1 aliphatic rings. The molecule has 460 valence electrons. The van der Waals surface area contributed by atoms with Crippen molar-refractivity contribution in [2.75, 3.05) is 19.8 Å². The lowest BCUT2D eigenvalue weighted by atomic mass is 9.94. The minimum Gasteiger partial charge on any atom is -0.458 e. The lowest BCUT2D eigenvalue weighted by Crippen LogP contribution is -2.63. The number of nitrogens with two attached hydrogens (primary N) is 3. The first-order valence-electron chi connectivity index (χ1n) is 27.5. The van der Waals surface area contributed by atoms with Gasteiger partial charge in [0.05, 0.1) is 19.3 Å². The van der Waals surface area contributed by atoms with Crippen LogP contribution < -0.4 is 75.7 Å². The number of amides is 11. The summed E-state index contributed by atoms with van der Waals surface area (Å²) < 4.78 is 5.69. The molecule has 0 aromatic carbocycles. The highest BCUT2D eigenvalue weighted by Crippen LogP contribution is 2.17. The largest absolute Gasteiger partial charge is 0.458 e. The molecule has 1 rings (SSSR count). The number of cyclic esters (lactones) is 1. The second-order valence-electron chi connectivity index (χ2n) is 20.7. The van der Waals surface area contributed by atoms with Crippen LogP contribution in [0.25, 0.3) is 0 Å². The monoisotopic (exact) mass is 1150 g/mol. The van der Waals surface area contributed by atoms with Crippen LogP contribution in [0.5, 0.6) is 0 Å². The number of guanidine groups is 1. The molecule has 1 aliphatic heterocycles. The Morgan fingerprint density at radius 2 is 1.06 bits per heavy atom. The molecule has 30 nitrogen and oxygen atoms in total. The Bertz CT molecular complexity index is 2200. The summed E-state index contributed by atoms with van der Waals surface area (Å²) in [7, 11) is 0. The topological polar surface area (TPSA) is 489 Å². The van der Waals surface area contributed by atoms with E-state index in [9.17, 15) is 67.7 Å². The number of primary amides is 1. The van der Waals surface area contributed by atoms with E-state index in [2.05, 4.69) is 58.5 Å². The van der Waals surface area contributed by atoms with E-state index in [-0.39, 0.29) is 38.2 Å². The van der Waals surface area contributed by atoms with E-state index >= 15 is 0 Å². The summed E-state index contributed by atoms with van der Waals surface area (Å²) in [4.78, 5) is 163. The number of esters is 1. The van der Waals surface area contributed by atoms with Gasteiger partial charge in [-0.1, -0.05) is 81.1 Å². The molecule has 1 heterocycles. The van der Waals surface area contributed by atoms with Gasteiger partial charge in [-0.25, -0.2) is 4.79 Å². The number of aliphatic hydroxyl groups excluding tert-OH is 2. The van der Waals surface area contributed by atoms with Crippen LogP contribution in [-0.4, -0.2) is 179 Å². The van der Waals surface area contributed by atoms with Crippen molar-refractivity contribution in [2.45, 2.75) is 200 Å². The average molecular weight is 1150 g/mol. The van der Waals surface area contributed by atoms with Gasteiger partial charge in [0.15, 0.2) is 5.96 Å². The molecule has 0 aliphatic carbocycles. The number of aliphatic hydroxyl groups is 2. The predicted octanol–water partition coefficient (Wildman–Crippen LogP) is -5.16. The zero-order valence-corrected chi connectivity index (χ0v) is 48.4. The van der Waals surface area contributed by atoms with Crippen molar-refractivity contribution in [1.29, 1.82) is 5.41 Å². The molecule has 81 heavy (non-hydrogen) atoms. The Morgan fingerprint density at radius 1 is 0.605 bits per heavy atom. The summed E-state index contributed by atoms with van der Waals surface area (Å²) in [6.07, 6.45) is -0.785. The lowest BCUT2D eigenvalue weighted by molar-refractivity contribution is -0.157. The highest BCUT2D eigenvalue weighted by Gasteiger charge is 2.41. The lowest BCUT2D eigenvalue weighted by Gasteiger charge is -2.31. The van der Waals surface area contributed by atoms with Crippen molar-refractivity contribution in [2.24, 2.45) is 40.9 Å². The average Bonchev–Trinajstić information content (AvgIpc) is 3.43. The molecule has 0 aromatic rings. The maximum absolute atomic E-state index is 14.3. The van der Waals surface area contributed by atoms with E-state index in [0.29, 0.717) is 12.8 Å². The van der Waals surface area contributed by atoms with Gasteiger partial charge in [-0.2, -0.15) is 0 Å². The molecule has 0 radical (unpaired) electrons. The van der Waals surface area contributed by atoms with Crippen LogP contribution in [0.15, 0.2) is 0 Å². The van der Waals surface area contributed by atoms with Crippen LogP contribution in [0.1, 0.15) is 128 Å². The smallest absolute Gasteiger partial charge is 0.329 e. The quantitative estimate of drug-likeness (QED) is 0.0134. The Morgan fingerprint density at radius 3 is 1.52 bits per heavy atom. The molecule has 0 bridgehead atoms. The zero-order chi connectivity index (χ0) is 62.0. The molecule has 1 saturated heterocycles. The minimum atomic E-state index is -1.83. The van der Waals surface area contributed by atoms with E-state index in [1.807, 2.05) is 0 Å². The molecular formula is C51H91N15O15. The van der Waals surface area contributed by atoms with Gasteiger partial charge in [0.1, 0.15) is 66.5 Å². The van der Waals surface area contributed by atoms with Crippen LogP contribution in [0.3, 0.4) is 0 Å². The standard InChI is InChI=1S/C51H91N15O15/c1-12-23(5)35(62-40(70)27(9)52)46(76)60-32(21-67)44(74)59-31(18-19-34(53)69)43(73)63-37(25(7)14-3)48(78)64-36(24(6)13-2)47(77)61-33(22-68)45(75)66-39-29(11)81-50(80)38(26(8)15-4)65-42(72)30(17-16-20-56-51(54)55)58-41(71)28(10)57-49(39)79/h23-33,35-39,67-68H,12-22,52H2,1-11H3,(H2,53,69)(H,57,79)(H,58,71)(H,59,74)(H,60,76)(H,61,77)(H,62,70)(H,63,73)(H,64,78)(H,65,72)(H,66,75)(H4,54,55,56)/t23-,24-,25+,26-,27+,28-,29-,30-,31+,32-,33-,35-,36-,37+,38-,39+/m0/s1. The molecule has 0 aromatic heterocycles. The number of carbonyl (C=O) groups excluding carboxylic acids is 12.